The molecule has 0 amide bonds. The second-order valence-corrected chi connectivity index (χ2v) is 3.16. The third-order valence-corrected chi connectivity index (χ3v) is 2.05. The molecular formula is C11H12N2O2. The van der Waals surface area contributed by atoms with Crippen LogP contribution < -0.4 is 0 Å². The van der Waals surface area contributed by atoms with Crippen LogP contribution in [0, 0.1) is 18.3 Å². The summed E-state index contributed by atoms with van der Waals surface area (Å²) < 4.78 is 0. The van der Waals surface area contributed by atoms with Crippen LogP contribution in [0.15, 0.2) is 18.3 Å². The minimum Gasteiger partial charge on any atom is -0.480 e. The number of carboxylic acid groups (broad SMARTS) is 1. The normalized spacial score (nSPS) is 11.7. The van der Waals surface area contributed by atoms with Crippen molar-refractivity contribution in [2.75, 3.05) is 0 Å². The van der Waals surface area contributed by atoms with E-state index in [4.69, 9.17) is 11.5 Å². The van der Waals surface area contributed by atoms with Gasteiger partial charge < -0.3 is 5.11 Å². The third kappa shape index (κ3) is 3.77. The van der Waals surface area contributed by atoms with Crippen molar-refractivity contribution < 1.29 is 9.90 Å². The number of terminal acetylenes is 1. The van der Waals surface area contributed by atoms with Crippen LogP contribution in [0.1, 0.15) is 18.5 Å². The standard InChI is InChI=1S/C11H12N2O2/c1-2-9(11(14)15)5-3-6-10-7-4-8-12-13-10/h1,4,7-9H,3,5-6H2,(H,14,15). The maximum absolute atomic E-state index is 10.6. The monoisotopic (exact) mass is 204 g/mol. The van der Waals surface area contributed by atoms with Gasteiger partial charge in [0.1, 0.15) is 5.92 Å². The highest BCUT2D eigenvalue weighted by molar-refractivity contribution is 5.73. The molecule has 0 saturated heterocycles. The van der Waals surface area contributed by atoms with Gasteiger partial charge in [-0.1, -0.05) is 5.92 Å². The summed E-state index contributed by atoms with van der Waals surface area (Å²) in [5.74, 6) is 0.626. The average Bonchev–Trinajstić information content (AvgIpc) is 2.25. The first-order valence-electron chi connectivity index (χ1n) is 4.69. The van der Waals surface area contributed by atoms with Gasteiger partial charge in [-0.05, 0) is 31.4 Å². The molecule has 78 valence electrons. The second-order valence-electron chi connectivity index (χ2n) is 3.16. The maximum Gasteiger partial charge on any atom is 0.318 e. The van der Waals surface area contributed by atoms with Crippen LogP contribution in [-0.4, -0.2) is 21.3 Å². The van der Waals surface area contributed by atoms with Gasteiger partial charge in [0.2, 0.25) is 0 Å². The van der Waals surface area contributed by atoms with Crippen molar-refractivity contribution in [2.45, 2.75) is 19.3 Å². The summed E-state index contributed by atoms with van der Waals surface area (Å²) in [6, 6.07) is 3.66. The molecule has 1 rings (SSSR count). The second kappa shape index (κ2) is 5.76. The smallest absolute Gasteiger partial charge is 0.318 e. The summed E-state index contributed by atoms with van der Waals surface area (Å²) in [5.41, 5.74) is 0.860. The Bertz CT molecular complexity index is 357. The zero-order valence-corrected chi connectivity index (χ0v) is 8.26. The summed E-state index contributed by atoms with van der Waals surface area (Å²) in [7, 11) is 0. The van der Waals surface area contributed by atoms with Gasteiger partial charge >= 0.3 is 5.97 Å². The van der Waals surface area contributed by atoms with Crippen LogP contribution in [0.2, 0.25) is 0 Å². The highest BCUT2D eigenvalue weighted by atomic mass is 16.4. The van der Waals surface area contributed by atoms with E-state index in [-0.39, 0.29) is 0 Å². The number of aliphatic carboxylic acids is 1. The van der Waals surface area contributed by atoms with Gasteiger partial charge in [0, 0.05) is 6.20 Å². The summed E-state index contributed by atoms with van der Waals surface area (Å²) in [6.07, 6.45) is 8.59. The van der Waals surface area contributed by atoms with E-state index in [0.717, 1.165) is 5.69 Å². The topological polar surface area (TPSA) is 63.1 Å². The van der Waals surface area contributed by atoms with Crippen LogP contribution in [-0.2, 0) is 11.2 Å². The van der Waals surface area contributed by atoms with Crippen LogP contribution in [0.5, 0.6) is 0 Å². The third-order valence-electron chi connectivity index (χ3n) is 2.05. The maximum atomic E-state index is 10.6. The van der Waals surface area contributed by atoms with Crippen LogP contribution in [0.25, 0.3) is 0 Å². The van der Waals surface area contributed by atoms with Gasteiger partial charge in [0.15, 0.2) is 0 Å². The molecule has 4 nitrogen and oxygen atoms in total. The molecule has 4 heteroatoms. The van der Waals surface area contributed by atoms with Crippen LogP contribution >= 0.6 is 0 Å². The molecule has 0 aliphatic heterocycles. The lowest BCUT2D eigenvalue weighted by Gasteiger charge is -2.03. The van der Waals surface area contributed by atoms with Crippen molar-refractivity contribution in [3.05, 3.63) is 24.0 Å². The fraction of sp³-hybridized carbons (Fsp3) is 0.364. The summed E-state index contributed by atoms with van der Waals surface area (Å²) in [4.78, 5) is 10.6. The number of aryl methyl sites for hydroxylation is 1. The van der Waals surface area contributed by atoms with Gasteiger partial charge in [-0.2, -0.15) is 10.2 Å². The molecule has 1 atom stereocenters. The van der Waals surface area contributed by atoms with E-state index in [9.17, 15) is 4.79 Å². The predicted molar refractivity (Wildman–Crippen MR) is 54.9 cm³/mol. The molecule has 0 bridgehead atoms. The molecule has 15 heavy (non-hydrogen) atoms. The highest BCUT2D eigenvalue weighted by Gasteiger charge is 2.13. The first-order valence-corrected chi connectivity index (χ1v) is 4.69. The molecule has 0 aliphatic rings. The fourth-order valence-corrected chi connectivity index (χ4v) is 1.23. The summed E-state index contributed by atoms with van der Waals surface area (Å²) in [6.45, 7) is 0. The lowest BCUT2D eigenvalue weighted by molar-refractivity contribution is -0.139. The molecule has 0 radical (unpaired) electrons. The Morgan fingerprint density at radius 1 is 1.67 bits per heavy atom. The lowest BCUT2D eigenvalue weighted by atomic mass is 10.0. The summed E-state index contributed by atoms with van der Waals surface area (Å²) >= 11 is 0. The fourth-order valence-electron chi connectivity index (χ4n) is 1.23. The van der Waals surface area contributed by atoms with E-state index in [1.54, 1.807) is 12.3 Å². The van der Waals surface area contributed by atoms with E-state index in [1.807, 2.05) is 6.07 Å². The molecule has 1 aromatic heterocycles. The number of rotatable bonds is 5. The molecule has 1 heterocycles. The van der Waals surface area contributed by atoms with Crippen molar-refractivity contribution in [1.29, 1.82) is 0 Å². The molecule has 1 unspecified atom stereocenters. The Hall–Kier alpha value is -1.89. The number of carbonyl (C=O) groups is 1. The Morgan fingerprint density at radius 2 is 2.47 bits per heavy atom. The van der Waals surface area contributed by atoms with E-state index in [1.165, 1.54) is 0 Å². The minimum atomic E-state index is -0.934. The number of nitrogens with zero attached hydrogens (tertiary/aromatic N) is 2. The summed E-state index contributed by atoms with van der Waals surface area (Å²) in [5, 5.41) is 16.3. The Kier molecular flexibility index (Phi) is 4.30. The first kappa shape index (κ1) is 11.2. The van der Waals surface area contributed by atoms with Crippen LogP contribution in [0.4, 0.5) is 0 Å². The number of hydrogen-bond acceptors (Lipinski definition) is 3. The van der Waals surface area contributed by atoms with Crippen molar-refractivity contribution >= 4 is 5.97 Å². The molecular weight excluding hydrogens is 192 g/mol. The van der Waals surface area contributed by atoms with E-state index >= 15 is 0 Å². The first-order chi connectivity index (χ1) is 7.24. The van der Waals surface area contributed by atoms with Gasteiger partial charge in [-0.25, -0.2) is 0 Å². The SMILES string of the molecule is C#CC(CCCc1cccnn1)C(=O)O. The van der Waals surface area contributed by atoms with Crippen molar-refractivity contribution in [3.8, 4) is 12.3 Å². The van der Waals surface area contributed by atoms with Gasteiger partial charge in [-0.15, -0.1) is 6.42 Å². The minimum absolute atomic E-state index is 0.475. The Labute approximate surface area is 88.3 Å². The van der Waals surface area contributed by atoms with Gasteiger partial charge in [0.25, 0.3) is 0 Å². The molecule has 0 aromatic carbocycles. The largest absolute Gasteiger partial charge is 0.480 e. The van der Waals surface area contributed by atoms with Crippen molar-refractivity contribution in [1.82, 2.24) is 10.2 Å². The van der Waals surface area contributed by atoms with Crippen molar-refractivity contribution in [3.63, 3.8) is 0 Å². The molecule has 0 aliphatic carbocycles. The van der Waals surface area contributed by atoms with Gasteiger partial charge in [-0.3, -0.25) is 4.79 Å². The Balaban J connectivity index is 2.34. The zero-order chi connectivity index (χ0) is 11.1. The number of aromatic nitrogens is 2. The zero-order valence-electron chi connectivity index (χ0n) is 8.26. The van der Waals surface area contributed by atoms with Gasteiger partial charge in [0.05, 0.1) is 5.69 Å². The molecule has 0 spiro atoms. The van der Waals surface area contributed by atoms with E-state index in [2.05, 4.69) is 16.1 Å². The highest BCUT2D eigenvalue weighted by Crippen LogP contribution is 2.08. The van der Waals surface area contributed by atoms with E-state index in [0.29, 0.717) is 19.3 Å². The molecule has 1 aromatic rings. The number of hydrogen-bond donors (Lipinski definition) is 1. The lowest BCUT2D eigenvalue weighted by Crippen LogP contribution is -2.11. The van der Waals surface area contributed by atoms with Crippen molar-refractivity contribution in [2.24, 2.45) is 5.92 Å². The molecule has 0 fully saturated rings. The number of carboxylic acids is 1. The molecule has 0 saturated carbocycles. The van der Waals surface area contributed by atoms with Crippen LogP contribution in [0.3, 0.4) is 0 Å². The quantitative estimate of drug-likeness (QED) is 0.730. The average molecular weight is 204 g/mol. The molecule has 1 N–H and O–H groups in total. The predicted octanol–water partition coefficient (Wildman–Crippen LogP) is 1.13. The Morgan fingerprint density at radius 3 is 3.00 bits per heavy atom. The van der Waals surface area contributed by atoms with E-state index < -0.39 is 11.9 Å².